The maximum absolute atomic E-state index is 12.5. The van der Waals surface area contributed by atoms with Gasteiger partial charge in [-0.25, -0.2) is 8.42 Å². The van der Waals surface area contributed by atoms with Gasteiger partial charge < -0.3 is 5.73 Å². The number of nitrogens with two attached hydrogens (primary N) is 1. The summed E-state index contributed by atoms with van der Waals surface area (Å²) in [4.78, 5) is 4.07. The van der Waals surface area contributed by atoms with Crippen molar-refractivity contribution in [1.82, 2.24) is 4.98 Å². The Morgan fingerprint density at radius 2 is 1.70 bits per heavy atom. The first-order chi connectivity index (χ1) is 9.33. The lowest BCUT2D eigenvalue weighted by atomic mass is 10.1. The second-order valence-corrected chi connectivity index (χ2v) is 6.36. The number of pyridine rings is 1. The molecule has 5 nitrogen and oxygen atoms in total. The highest BCUT2D eigenvalue weighted by molar-refractivity contribution is 7.93. The maximum atomic E-state index is 12.5. The van der Waals surface area contributed by atoms with Gasteiger partial charge in [0.2, 0.25) is 0 Å². The number of rotatable bonds is 3. The average molecular weight is 291 g/mol. The number of nitrogens with one attached hydrogen (secondary N) is 1. The summed E-state index contributed by atoms with van der Waals surface area (Å²) in [6.07, 6.45) is 3.14. The molecule has 106 valence electrons. The van der Waals surface area contributed by atoms with E-state index in [-0.39, 0.29) is 10.6 Å². The van der Waals surface area contributed by atoms with Gasteiger partial charge in [0.15, 0.2) is 0 Å². The Labute approximate surface area is 118 Å². The van der Waals surface area contributed by atoms with Gasteiger partial charge in [-0.15, -0.1) is 0 Å². The minimum atomic E-state index is -3.72. The lowest BCUT2D eigenvalue weighted by Gasteiger charge is -2.15. The SMILES string of the molecule is Cc1cnccc1NS(=O)(=O)c1c(C)ccc(C)c1N. The van der Waals surface area contributed by atoms with Crippen LogP contribution >= 0.6 is 0 Å². The molecule has 2 aromatic rings. The Balaban J connectivity index is 2.52. The molecule has 0 aliphatic heterocycles. The third-order valence-corrected chi connectivity index (χ3v) is 4.71. The fraction of sp³-hybridized carbons (Fsp3) is 0.214. The Morgan fingerprint density at radius 3 is 2.35 bits per heavy atom. The quantitative estimate of drug-likeness (QED) is 0.850. The summed E-state index contributed by atoms with van der Waals surface area (Å²) < 4.78 is 27.6. The summed E-state index contributed by atoms with van der Waals surface area (Å²) in [5, 5.41) is 0. The number of nitrogen functional groups attached to an aromatic ring is 1. The van der Waals surface area contributed by atoms with Crippen molar-refractivity contribution in [2.75, 3.05) is 10.5 Å². The molecule has 0 bridgehead atoms. The number of anilines is 2. The van der Waals surface area contributed by atoms with E-state index in [0.717, 1.165) is 11.1 Å². The molecule has 1 heterocycles. The van der Waals surface area contributed by atoms with Gasteiger partial charge in [-0.3, -0.25) is 9.71 Å². The molecule has 0 fully saturated rings. The smallest absolute Gasteiger partial charge is 0.264 e. The van der Waals surface area contributed by atoms with Crippen LogP contribution in [0.3, 0.4) is 0 Å². The van der Waals surface area contributed by atoms with E-state index in [4.69, 9.17) is 5.73 Å². The van der Waals surface area contributed by atoms with Gasteiger partial charge in [0.05, 0.1) is 11.4 Å². The summed E-state index contributed by atoms with van der Waals surface area (Å²) >= 11 is 0. The molecule has 0 saturated carbocycles. The number of nitrogens with zero attached hydrogens (tertiary/aromatic N) is 1. The second kappa shape index (κ2) is 5.13. The van der Waals surface area contributed by atoms with Gasteiger partial charge in [-0.2, -0.15) is 0 Å². The van der Waals surface area contributed by atoms with E-state index >= 15 is 0 Å². The van der Waals surface area contributed by atoms with Crippen LogP contribution in [0.2, 0.25) is 0 Å². The van der Waals surface area contributed by atoms with E-state index in [0.29, 0.717) is 11.3 Å². The van der Waals surface area contributed by atoms with Crippen LogP contribution in [0.5, 0.6) is 0 Å². The number of hydrogen-bond acceptors (Lipinski definition) is 4. The van der Waals surface area contributed by atoms with Crippen LogP contribution in [0.25, 0.3) is 0 Å². The van der Waals surface area contributed by atoms with Crippen molar-refractivity contribution in [2.45, 2.75) is 25.7 Å². The van der Waals surface area contributed by atoms with Gasteiger partial charge >= 0.3 is 0 Å². The van der Waals surface area contributed by atoms with Crippen LogP contribution in [0.15, 0.2) is 35.5 Å². The first kappa shape index (κ1) is 14.3. The minimum absolute atomic E-state index is 0.133. The Morgan fingerprint density at radius 1 is 1.05 bits per heavy atom. The van der Waals surface area contributed by atoms with Crippen molar-refractivity contribution < 1.29 is 8.42 Å². The molecule has 1 aromatic carbocycles. The Hall–Kier alpha value is -2.08. The van der Waals surface area contributed by atoms with Crippen molar-refractivity contribution in [3.8, 4) is 0 Å². The molecule has 0 aliphatic rings. The molecular formula is C14H17N3O2S. The van der Waals surface area contributed by atoms with Crippen LogP contribution in [0.1, 0.15) is 16.7 Å². The predicted octanol–water partition coefficient (Wildman–Crippen LogP) is 2.39. The molecule has 0 unspecified atom stereocenters. The van der Waals surface area contributed by atoms with Gasteiger partial charge in [-0.1, -0.05) is 12.1 Å². The second-order valence-electron chi connectivity index (χ2n) is 4.74. The van der Waals surface area contributed by atoms with Crippen LogP contribution in [-0.2, 0) is 10.0 Å². The topological polar surface area (TPSA) is 85.1 Å². The fourth-order valence-corrected chi connectivity index (χ4v) is 3.51. The lowest BCUT2D eigenvalue weighted by molar-refractivity contribution is 0.601. The summed E-state index contributed by atoms with van der Waals surface area (Å²) in [5.41, 5.74) is 8.82. The number of sulfonamides is 1. The highest BCUT2D eigenvalue weighted by atomic mass is 32.2. The molecule has 20 heavy (non-hydrogen) atoms. The van der Waals surface area contributed by atoms with E-state index in [1.165, 1.54) is 6.20 Å². The zero-order chi connectivity index (χ0) is 14.9. The van der Waals surface area contributed by atoms with Crippen molar-refractivity contribution >= 4 is 21.4 Å². The van der Waals surface area contributed by atoms with Gasteiger partial charge in [0.1, 0.15) is 4.90 Å². The molecule has 0 saturated heterocycles. The summed E-state index contributed by atoms with van der Waals surface area (Å²) in [6, 6.07) is 5.18. The van der Waals surface area contributed by atoms with E-state index < -0.39 is 10.0 Å². The van der Waals surface area contributed by atoms with Crippen molar-refractivity contribution in [2.24, 2.45) is 0 Å². The number of hydrogen-bond donors (Lipinski definition) is 2. The molecular weight excluding hydrogens is 274 g/mol. The molecule has 6 heteroatoms. The normalized spacial score (nSPS) is 11.3. The van der Waals surface area contributed by atoms with Crippen molar-refractivity contribution in [1.29, 1.82) is 0 Å². The van der Waals surface area contributed by atoms with Gasteiger partial charge in [-0.05, 0) is 43.5 Å². The third-order valence-electron chi connectivity index (χ3n) is 3.14. The van der Waals surface area contributed by atoms with Gasteiger partial charge in [0.25, 0.3) is 10.0 Å². The molecule has 0 radical (unpaired) electrons. The van der Waals surface area contributed by atoms with E-state index in [1.807, 2.05) is 0 Å². The fourth-order valence-electron chi connectivity index (χ4n) is 1.95. The lowest BCUT2D eigenvalue weighted by Crippen LogP contribution is -2.17. The zero-order valence-corrected chi connectivity index (χ0v) is 12.5. The van der Waals surface area contributed by atoms with Crippen LogP contribution in [-0.4, -0.2) is 13.4 Å². The molecule has 3 N–H and O–H groups in total. The first-order valence-electron chi connectivity index (χ1n) is 6.12. The highest BCUT2D eigenvalue weighted by Gasteiger charge is 2.21. The molecule has 0 atom stereocenters. The minimum Gasteiger partial charge on any atom is -0.397 e. The van der Waals surface area contributed by atoms with E-state index in [2.05, 4.69) is 9.71 Å². The molecule has 2 rings (SSSR count). The molecule has 0 aliphatic carbocycles. The maximum Gasteiger partial charge on any atom is 0.264 e. The number of aromatic nitrogens is 1. The van der Waals surface area contributed by atoms with Crippen LogP contribution < -0.4 is 10.5 Å². The summed E-state index contributed by atoms with van der Waals surface area (Å²) in [5.74, 6) is 0. The molecule has 0 amide bonds. The van der Waals surface area contributed by atoms with Crippen molar-refractivity contribution in [3.05, 3.63) is 47.3 Å². The van der Waals surface area contributed by atoms with E-state index in [9.17, 15) is 8.42 Å². The standard InChI is InChI=1S/C14H17N3O2S/c1-9-4-5-10(2)14(13(9)15)20(18,19)17-12-6-7-16-8-11(12)3/h4-8H,15H2,1-3H3,(H,16,17). The van der Waals surface area contributed by atoms with Crippen LogP contribution in [0.4, 0.5) is 11.4 Å². The first-order valence-corrected chi connectivity index (χ1v) is 7.60. The average Bonchev–Trinajstić information content (AvgIpc) is 2.37. The predicted molar refractivity (Wildman–Crippen MR) is 80.1 cm³/mol. The number of aryl methyl sites for hydroxylation is 3. The Bertz CT molecular complexity index is 755. The van der Waals surface area contributed by atoms with Crippen LogP contribution in [0, 0.1) is 20.8 Å². The zero-order valence-electron chi connectivity index (χ0n) is 11.6. The Kier molecular flexibility index (Phi) is 3.67. The van der Waals surface area contributed by atoms with Gasteiger partial charge in [0, 0.05) is 12.4 Å². The molecule has 1 aromatic heterocycles. The molecule has 0 spiro atoms. The third kappa shape index (κ3) is 2.60. The number of benzene rings is 1. The van der Waals surface area contributed by atoms with E-state index in [1.54, 1.807) is 45.2 Å². The van der Waals surface area contributed by atoms with Crippen molar-refractivity contribution in [3.63, 3.8) is 0 Å². The highest BCUT2D eigenvalue weighted by Crippen LogP contribution is 2.28. The summed E-state index contributed by atoms with van der Waals surface area (Å²) in [7, 11) is -3.72. The largest absolute Gasteiger partial charge is 0.397 e. The summed E-state index contributed by atoms with van der Waals surface area (Å²) in [6.45, 7) is 5.30. The monoisotopic (exact) mass is 291 g/mol.